The lowest BCUT2D eigenvalue weighted by Crippen LogP contribution is -2.32. The molecule has 7 nitrogen and oxygen atoms in total. The van der Waals surface area contributed by atoms with E-state index in [2.05, 4.69) is 39.0 Å². The van der Waals surface area contributed by atoms with Crippen molar-refractivity contribution in [3.05, 3.63) is 60.3 Å². The summed E-state index contributed by atoms with van der Waals surface area (Å²) in [5.41, 5.74) is 4.40. The highest BCUT2D eigenvalue weighted by molar-refractivity contribution is 7.91. The number of benzene rings is 1. The summed E-state index contributed by atoms with van der Waals surface area (Å²) in [6, 6.07) is 10.3. The molecule has 0 spiro atoms. The van der Waals surface area contributed by atoms with E-state index in [0.29, 0.717) is 18.7 Å². The number of imidazole rings is 1. The van der Waals surface area contributed by atoms with Crippen molar-refractivity contribution in [2.24, 2.45) is 0 Å². The van der Waals surface area contributed by atoms with E-state index >= 15 is 0 Å². The molecule has 1 N–H and O–H groups in total. The molecule has 4 rings (SSSR count). The molecule has 1 aliphatic rings. The Morgan fingerprint density at radius 1 is 1.21 bits per heavy atom. The molecule has 0 aliphatic carbocycles. The molecule has 1 atom stereocenters. The summed E-state index contributed by atoms with van der Waals surface area (Å²) in [5.74, 6) is 0.538. The molecular formula is C20H25N5O2S. The Balaban J connectivity index is 1.42. The average molecular weight is 400 g/mol. The Hall–Kier alpha value is -2.45. The zero-order valence-corrected chi connectivity index (χ0v) is 16.8. The van der Waals surface area contributed by atoms with Gasteiger partial charge in [-0.3, -0.25) is 4.68 Å². The first-order valence-corrected chi connectivity index (χ1v) is 11.3. The van der Waals surface area contributed by atoms with Gasteiger partial charge in [0.2, 0.25) is 0 Å². The zero-order valence-electron chi connectivity index (χ0n) is 16.0. The maximum atomic E-state index is 11.6. The van der Waals surface area contributed by atoms with Crippen LogP contribution in [-0.4, -0.2) is 51.8 Å². The van der Waals surface area contributed by atoms with Crippen LogP contribution in [0.3, 0.4) is 0 Å². The Morgan fingerprint density at radius 2 is 2.04 bits per heavy atom. The fourth-order valence-corrected chi connectivity index (χ4v) is 5.39. The normalized spacial score (nSPS) is 18.5. The van der Waals surface area contributed by atoms with Crippen LogP contribution in [0, 0.1) is 6.92 Å². The van der Waals surface area contributed by atoms with Gasteiger partial charge in [0.25, 0.3) is 0 Å². The second kappa shape index (κ2) is 7.89. The van der Waals surface area contributed by atoms with E-state index in [4.69, 9.17) is 0 Å². The summed E-state index contributed by atoms with van der Waals surface area (Å²) in [6.07, 6.45) is 6.26. The van der Waals surface area contributed by atoms with Gasteiger partial charge < -0.3 is 9.88 Å². The third kappa shape index (κ3) is 4.18. The van der Waals surface area contributed by atoms with Crippen LogP contribution < -0.4 is 5.32 Å². The second-order valence-corrected chi connectivity index (χ2v) is 9.54. The van der Waals surface area contributed by atoms with E-state index in [1.165, 1.54) is 5.56 Å². The standard InChI is InChI=1S/C20H25N5O2S/c1-16-19(11-23-25(16)13-17-5-3-2-4-6-17)20-12-21-15-24(20)9-8-22-18-7-10-28(26,27)14-18/h2-6,11-12,15,18,22H,7-10,13-14H2,1H3/t18-/m1/s1. The molecule has 148 valence electrons. The monoisotopic (exact) mass is 399 g/mol. The lowest BCUT2D eigenvalue weighted by Gasteiger charge is -2.13. The first-order chi connectivity index (χ1) is 13.5. The first-order valence-electron chi connectivity index (χ1n) is 9.52. The molecule has 1 fully saturated rings. The van der Waals surface area contributed by atoms with Gasteiger partial charge in [0.05, 0.1) is 42.5 Å². The van der Waals surface area contributed by atoms with E-state index in [1.807, 2.05) is 41.6 Å². The van der Waals surface area contributed by atoms with E-state index in [1.54, 1.807) is 0 Å². The number of rotatable bonds is 7. The Morgan fingerprint density at radius 3 is 2.79 bits per heavy atom. The first kappa shape index (κ1) is 18.9. The van der Waals surface area contributed by atoms with E-state index < -0.39 is 9.84 Å². The van der Waals surface area contributed by atoms with Gasteiger partial charge in [-0.1, -0.05) is 30.3 Å². The summed E-state index contributed by atoms with van der Waals surface area (Å²) in [7, 11) is -2.85. The summed E-state index contributed by atoms with van der Waals surface area (Å²) in [4.78, 5) is 4.31. The van der Waals surface area contributed by atoms with Gasteiger partial charge in [0.15, 0.2) is 9.84 Å². The lowest BCUT2D eigenvalue weighted by molar-refractivity contribution is 0.521. The maximum Gasteiger partial charge on any atom is 0.151 e. The van der Waals surface area contributed by atoms with Gasteiger partial charge in [-0.15, -0.1) is 0 Å². The van der Waals surface area contributed by atoms with Crippen molar-refractivity contribution in [2.75, 3.05) is 18.1 Å². The molecule has 0 unspecified atom stereocenters. The van der Waals surface area contributed by atoms with Crippen LogP contribution in [0.4, 0.5) is 0 Å². The SMILES string of the molecule is Cc1c(-c2cncn2CCN[C@@H]2CCS(=O)(=O)C2)cnn1Cc1ccccc1. The van der Waals surface area contributed by atoms with E-state index in [0.717, 1.165) is 30.0 Å². The number of hydrogen-bond donors (Lipinski definition) is 1. The smallest absolute Gasteiger partial charge is 0.151 e. The molecular weight excluding hydrogens is 374 g/mol. The van der Waals surface area contributed by atoms with Gasteiger partial charge in [0.1, 0.15) is 0 Å². The highest BCUT2D eigenvalue weighted by atomic mass is 32.2. The zero-order chi connectivity index (χ0) is 19.6. The molecule has 3 aromatic rings. The summed E-state index contributed by atoms with van der Waals surface area (Å²) < 4.78 is 27.3. The highest BCUT2D eigenvalue weighted by Crippen LogP contribution is 2.23. The minimum atomic E-state index is -2.85. The topological polar surface area (TPSA) is 81.8 Å². The summed E-state index contributed by atoms with van der Waals surface area (Å²) in [5, 5.41) is 7.92. The number of aromatic nitrogens is 4. The third-order valence-electron chi connectivity index (χ3n) is 5.28. The van der Waals surface area contributed by atoms with Crippen LogP contribution in [-0.2, 0) is 22.9 Å². The quantitative estimate of drug-likeness (QED) is 0.656. The van der Waals surface area contributed by atoms with Gasteiger partial charge in [-0.25, -0.2) is 13.4 Å². The highest BCUT2D eigenvalue weighted by Gasteiger charge is 2.27. The predicted octanol–water partition coefficient (Wildman–Crippen LogP) is 1.88. The van der Waals surface area contributed by atoms with Crippen molar-refractivity contribution in [1.82, 2.24) is 24.6 Å². The molecule has 2 aromatic heterocycles. The van der Waals surface area contributed by atoms with Crippen molar-refractivity contribution in [1.29, 1.82) is 0 Å². The van der Waals surface area contributed by atoms with Crippen LogP contribution >= 0.6 is 0 Å². The summed E-state index contributed by atoms with van der Waals surface area (Å²) in [6.45, 7) is 4.25. The molecule has 3 heterocycles. The van der Waals surface area contributed by atoms with Crippen LogP contribution in [0.25, 0.3) is 11.3 Å². The number of nitrogens with zero attached hydrogens (tertiary/aromatic N) is 4. The predicted molar refractivity (Wildman–Crippen MR) is 109 cm³/mol. The Labute approximate surface area is 165 Å². The minimum Gasteiger partial charge on any atom is -0.329 e. The van der Waals surface area contributed by atoms with Crippen molar-refractivity contribution in [3.8, 4) is 11.3 Å². The van der Waals surface area contributed by atoms with Gasteiger partial charge >= 0.3 is 0 Å². The minimum absolute atomic E-state index is 0.0623. The molecule has 8 heteroatoms. The molecule has 1 aromatic carbocycles. The molecule has 28 heavy (non-hydrogen) atoms. The fraction of sp³-hybridized carbons (Fsp3) is 0.400. The maximum absolute atomic E-state index is 11.6. The van der Waals surface area contributed by atoms with Crippen molar-refractivity contribution < 1.29 is 8.42 Å². The number of nitrogens with one attached hydrogen (secondary N) is 1. The number of sulfone groups is 1. The molecule has 0 amide bonds. The fourth-order valence-electron chi connectivity index (χ4n) is 3.68. The third-order valence-corrected chi connectivity index (χ3v) is 7.05. The molecule has 0 radical (unpaired) electrons. The second-order valence-electron chi connectivity index (χ2n) is 7.31. The average Bonchev–Trinajstić information content (AvgIpc) is 3.36. The Bertz CT molecular complexity index is 1040. The van der Waals surface area contributed by atoms with Crippen LogP contribution in [0.15, 0.2) is 49.1 Å². The van der Waals surface area contributed by atoms with E-state index in [-0.39, 0.29) is 11.8 Å². The lowest BCUT2D eigenvalue weighted by atomic mass is 10.2. The Kier molecular flexibility index (Phi) is 5.32. The summed E-state index contributed by atoms with van der Waals surface area (Å²) >= 11 is 0. The van der Waals surface area contributed by atoms with Crippen LogP contribution in [0.2, 0.25) is 0 Å². The van der Waals surface area contributed by atoms with Crippen LogP contribution in [0.1, 0.15) is 17.7 Å². The van der Waals surface area contributed by atoms with Crippen molar-refractivity contribution in [2.45, 2.75) is 32.5 Å². The molecule has 1 aliphatic heterocycles. The van der Waals surface area contributed by atoms with Crippen LogP contribution in [0.5, 0.6) is 0 Å². The van der Waals surface area contributed by atoms with Crippen molar-refractivity contribution in [3.63, 3.8) is 0 Å². The molecule has 0 saturated carbocycles. The molecule has 1 saturated heterocycles. The largest absolute Gasteiger partial charge is 0.329 e. The number of hydrogen-bond acceptors (Lipinski definition) is 5. The van der Waals surface area contributed by atoms with Gasteiger partial charge in [-0.2, -0.15) is 5.10 Å². The van der Waals surface area contributed by atoms with Gasteiger partial charge in [-0.05, 0) is 18.9 Å². The van der Waals surface area contributed by atoms with Gasteiger partial charge in [0, 0.05) is 30.4 Å². The van der Waals surface area contributed by atoms with Crippen molar-refractivity contribution >= 4 is 9.84 Å². The molecule has 0 bridgehead atoms. The van der Waals surface area contributed by atoms with E-state index in [9.17, 15) is 8.42 Å².